The molecule has 3 aromatic rings. The molecule has 1 N–H and O–H groups in total. The molecule has 0 spiro atoms. The molecule has 1 atom stereocenters. The standard InChI is InChI=1S/C25H22N4O/c1-16(17-5-3-2-4-6-17)14-28-25(30)23-12-19-11-20-15-27-24(18-7-9-26-10-8-18)21(20)13-22(19)29-23/h2-11,13,16H,12,14-15H2,1H3,(H,28,30)/t16-/m0/s1. The van der Waals surface area contributed by atoms with Crippen LogP contribution in [0.5, 0.6) is 0 Å². The van der Waals surface area contributed by atoms with Crippen molar-refractivity contribution in [3.63, 3.8) is 0 Å². The summed E-state index contributed by atoms with van der Waals surface area (Å²) >= 11 is 0. The SMILES string of the molecule is C[C@@H](CNC(=O)C1=Nc2cc3c(cc2C1)CN=C3c1ccncc1)c1ccccc1. The third kappa shape index (κ3) is 3.43. The van der Waals surface area contributed by atoms with Crippen molar-refractivity contribution in [1.82, 2.24) is 10.3 Å². The van der Waals surface area contributed by atoms with Crippen LogP contribution in [0.1, 0.15) is 40.7 Å². The molecular formula is C25H22N4O. The van der Waals surface area contributed by atoms with Crippen molar-refractivity contribution < 1.29 is 4.79 Å². The first-order valence-electron chi connectivity index (χ1n) is 10.2. The molecule has 1 aromatic heterocycles. The summed E-state index contributed by atoms with van der Waals surface area (Å²) in [6, 6.07) is 18.4. The molecule has 0 saturated carbocycles. The fourth-order valence-corrected chi connectivity index (χ4v) is 4.03. The molecule has 2 aliphatic rings. The highest BCUT2D eigenvalue weighted by Crippen LogP contribution is 2.34. The van der Waals surface area contributed by atoms with Crippen molar-refractivity contribution >= 4 is 23.0 Å². The lowest BCUT2D eigenvalue weighted by Gasteiger charge is -2.12. The first-order valence-corrected chi connectivity index (χ1v) is 10.2. The van der Waals surface area contributed by atoms with Gasteiger partial charge in [-0.15, -0.1) is 0 Å². The van der Waals surface area contributed by atoms with Gasteiger partial charge in [0, 0.05) is 36.5 Å². The van der Waals surface area contributed by atoms with Crippen LogP contribution >= 0.6 is 0 Å². The zero-order chi connectivity index (χ0) is 20.5. The average molecular weight is 394 g/mol. The molecule has 3 heterocycles. The number of hydrogen-bond donors (Lipinski definition) is 1. The second-order valence-electron chi connectivity index (χ2n) is 7.80. The van der Waals surface area contributed by atoms with E-state index in [2.05, 4.69) is 46.5 Å². The zero-order valence-electron chi connectivity index (χ0n) is 16.8. The minimum Gasteiger partial charge on any atom is -0.350 e. The van der Waals surface area contributed by atoms with Gasteiger partial charge in [-0.2, -0.15) is 0 Å². The monoisotopic (exact) mass is 394 g/mol. The van der Waals surface area contributed by atoms with Gasteiger partial charge in [-0.05, 0) is 40.8 Å². The van der Waals surface area contributed by atoms with E-state index in [9.17, 15) is 4.79 Å². The van der Waals surface area contributed by atoms with Gasteiger partial charge in [0.05, 0.1) is 17.9 Å². The Balaban J connectivity index is 1.31. The summed E-state index contributed by atoms with van der Waals surface area (Å²) in [5, 5.41) is 3.05. The zero-order valence-corrected chi connectivity index (χ0v) is 16.8. The van der Waals surface area contributed by atoms with Gasteiger partial charge in [-0.1, -0.05) is 43.3 Å². The number of carbonyl (C=O) groups is 1. The Morgan fingerprint density at radius 1 is 1.07 bits per heavy atom. The molecule has 0 fully saturated rings. The summed E-state index contributed by atoms with van der Waals surface area (Å²) in [4.78, 5) is 26.2. The largest absolute Gasteiger partial charge is 0.350 e. The Labute approximate surface area is 175 Å². The van der Waals surface area contributed by atoms with Crippen molar-refractivity contribution in [2.75, 3.05) is 6.54 Å². The Morgan fingerprint density at radius 2 is 1.87 bits per heavy atom. The summed E-state index contributed by atoms with van der Waals surface area (Å²) in [6.07, 6.45) is 4.12. The molecular weight excluding hydrogens is 372 g/mol. The van der Waals surface area contributed by atoms with Crippen LogP contribution in [0.3, 0.4) is 0 Å². The van der Waals surface area contributed by atoms with E-state index in [4.69, 9.17) is 4.99 Å². The van der Waals surface area contributed by atoms with E-state index in [-0.39, 0.29) is 11.8 Å². The molecule has 0 bridgehead atoms. The Kier molecular flexibility index (Phi) is 4.71. The van der Waals surface area contributed by atoms with Gasteiger partial charge in [0.1, 0.15) is 5.71 Å². The molecule has 5 heteroatoms. The van der Waals surface area contributed by atoms with Gasteiger partial charge >= 0.3 is 0 Å². The average Bonchev–Trinajstić information content (AvgIpc) is 3.40. The number of fused-ring (bicyclic) bond motifs is 2. The van der Waals surface area contributed by atoms with Gasteiger partial charge in [0.2, 0.25) is 0 Å². The number of nitrogens with zero attached hydrogens (tertiary/aromatic N) is 3. The molecule has 5 nitrogen and oxygen atoms in total. The molecule has 0 aliphatic carbocycles. The van der Waals surface area contributed by atoms with E-state index in [0.717, 1.165) is 28.1 Å². The summed E-state index contributed by atoms with van der Waals surface area (Å²) in [6.45, 7) is 3.37. The van der Waals surface area contributed by atoms with Crippen molar-refractivity contribution in [2.45, 2.75) is 25.8 Å². The fraction of sp³-hybridized carbons (Fsp3) is 0.200. The van der Waals surface area contributed by atoms with E-state index in [0.29, 0.717) is 25.2 Å². The maximum absolute atomic E-state index is 12.7. The topological polar surface area (TPSA) is 66.7 Å². The van der Waals surface area contributed by atoms with Crippen LogP contribution in [0, 0.1) is 0 Å². The van der Waals surface area contributed by atoms with Crippen LogP contribution in [-0.2, 0) is 17.8 Å². The van der Waals surface area contributed by atoms with Crippen molar-refractivity contribution in [2.24, 2.45) is 9.98 Å². The molecule has 148 valence electrons. The number of nitrogens with one attached hydrogen (secondary N) is 1. The lowest BCUT2D eigenvalue weighted by atomic mass is 9.97. The van der Waals surface area contributed by atoms with Crippen LogP contribution in [0.4, 0.5) is 5.69 Å². The lowest BCUT2D eigenvalue weighted by Crippen LogP contribution is -2.33. The minimum absolute atomic E-state index is 0.0860. The predicted molar refractivity (Wildman–Crippen MR) is 119 cm³/mol. The van der Waals surface area contributed by atoms with Gasteiger partial charge < -0.3 is 5.32 Å². The smallest absolute Gasteiger partial charge is 0.266 e. The second kappa shape index (κ2) is 7.67. The maximum Gasteiger partial charge on any atom is 0.266 e. The van der Waals surface area contributed by atoms with Gasteiger partial charge in [-0.3, -0.25) is 14.8 Å². The molecule has 0 saturated heterocycles. The number of benzene rings is 2. The quantitative estimate of drug-likeness (QED) is 0.711. The maximum atomic E-state index is 12.7. The van der Waals surface area contributed by atoms with Crippen LogP contribution in [-0.4, -0.2) is 28.9 Å². The molecule has 0 radical (unpaired) electrons. The Bertz CT molecular complexity index is 1170. The van der Waals surface area contributed by atoms with Crippen LogP contribution < -0.4 is 5.32 Å². The number of amides is 1. The summed E-state index contributed by atoms with van der Waals surface area (Å²) in [5.41, 5.74) is 8.08. The van der Waals surface area contributed by atoms with E-state index in [1.807, 2.05) is 30.3 Å². The number of carbonyl (C=O) groups excluding carboxylic acids is 1. The predicted octanol–water partition coefficient (Wildman–Crippen LogP) is 3.98. The molecule has 0 unspecified atom stereocenters. The summed E-state index contributed by atoms with van der Waals surface area (Å²) in [5.74, 6) is 0.166. The van der Waals surface area contributed by atoms with Crippen molar-refractivity contribution in [3.05, 3.63) is 94.8 Å². The first-order chi connectivity index (χ1) is 14.7. The fourth-order valence-electron chi connectivity index (χ4n) is 4.03. The van der Waals surface area contributed by atoms with E-state index < -0.39 is 0 Å². The number of hydrogen-bond acceptors (Lipinski definition) is 4. The second-order valence-corrected chi connectivity index (χ2v) is 7.80. The molecule has 2 aliphatic heterocycles. The van der Waals surface area contributed by atoms with Crippen molar-refractivity contribution in [3.8, 4) is 0 Å². The van der Waals surface area contributed by atoms with E-state index in [1.165, 1.54) is 11.1 Å². The number of pyridine rings is 1. The number of rotatable bonds is 5. The van der Waals surface area contributed by atoms with E-state index >= 15 is 0 Å². The van der Waals surface area contributed by atoms with Crippen molar-refractivity contribution in [1.29, 1.82) is 0 Å². The summed E-state index contributed by atoms with van der Waals surface area (Å²) < 4.78 is 0. The molecule has 5 rings (SSSR count). The number of aliphatic imine (C=N–C) groups is 2. The minimum atomic E-state index is -0.0860. The first kappa shape index (κ1) is 18.4. The molecule has 30 heavy (non-hydrogen) atoms. The molecule has 2 aromatic carbocycles. The van der Waals surface area contributed by atoms with Crippen LogP contribution in [0.2, 0.25) is 0 Å². The molecule has 1 amide bonds. The van der Waals surface area contributed by atoms with E-state index in [1.54, 1.807) is 12.4 Å². The van der Waals surface area contributed by atoms with Crippen LogP contribution in [0.15, 0.2) is 77.0 Å². The van der Waals surface area contributed by atoms with Crippen LogP contribution in [0.25, 0.3) is 0 Å². The highest BCUT2D eigenvalue weighted by Gasteiger charge is 2.26. The normalized spacial score (nSPS) is 15.1. The Morgan fingerprint density at radius 3 is 2.67 bits per heavy atom. The third-order valence-electron chi connectivity index (χ3n) is 5.73. The summed E-state index contributed by atoms with van der Waals surface area (Å²) in [7, 11) is 0. The highest BCUT2D eigenvalue weighted by atomic mass is 16.1. The third-order valence-corrected chi connectivity index (χ3v) is 5.73. The lowest BCUT2D eigenvalue weighted by molar-refractivity contribution is -0.114. The number of aromatic nitrogens is 1. The van der Waals surface area contributed by atoms with Gasteiger partial charge in [0.15, 0.2) is 0 Å². The highest BCUT2D eigenvalue weighted by molar-refractivity contribution is 6.41. The van der Waals surface area contributed by atoms with Gasteiger partial charge in [-0.25, -0.2) is 4.99 Å². The van der Waals surface area contributed by atoms with Gasteiger partial charge in [0.25, 0.3) is 5.91 Å². The Hall–Kier alpha value is -3.60.